The molecule has 1 aliphatic heterocycles. The molecule has 1 atom stereocenters. The Bertz CT molecular complexity index is 703. The molecule has 1 aromatic heterocycles. The zero-order valence-corrected chi connectivity index (χ0v) is 14.0. The molecule has 1 saturated heterocycles. The number of rotatable bonds is 5. The highest BCUT2D eigenvalue weighted by Gasteiger charge is 2.31. The lowest BCUT2D eigenvalue weighted by Gasteiger charge is -2.17. The minimum atomic E-state index is -0.351. The van der Waals surface area contributed by atoms with Gasteiger partial charge in [-0.05, 0) is 31.2 Å². The predicted molar refractivity (Wildman–Crippen MR) is 92.6 cm³/mol. The van der Waals surface area contributed by atoms with Gasteiger partial charge in [0.05, 0.1) is 12.6 Å². The molecular formula is C16H18N4O3S. The molecule has 126 valence electrons. The van der Waals surface area contributed by atoms with E-state index in [4.69, 9.17) is 4.74 Å². The minimum absolute atomic E-state index is 0.0151. The Kier molecular flexibility index (Phi) is 4.95. The van der Waals surface area contributed by atoms with E-state index < -0.39 is 0 Å². The summed E-state index contributed by atoms with van der Waals surface area (Å²) in [7, 11) is 0. The van der Waals surface area contributed by atoms with Crippen molar-refractivity contribution in [3.05, 3.63) is 35.8 Å². The van der Waals surface area contributed by atoms with E-state index in [0.29, 0.717) is 18.3 Å². The maximum atomic E-state index is 12.2. The van der Waals surface area contributed by atoms with Crippen molar-refractivity contribution in [2.24, 2.45) is 0 Å². The molecule has 1 aliphatic rings. The van der Waals surface area contributed by atoms with Crippen LogP contribution in [-0.4, -0.2) is 36.1 Å². The fraction of sp³-hybridized carbons (Fsp3) is 0.312. The zero-order chi connectivity index (χ0) is 16.9. The first kappa shape index (κ1) is 16.3. The number of hydrogen-bond donors (Lipinski definition) is 2. The summed E-state index contributed by atoms with van der Waals surface area (Å²) >= 11 is 1.34. The number of anilines is 2. The lowest BCUT2D eigenvalue weighted by atomic mass is 10.2. The molecule has 0 aliphatic carbocycles. The fourth-order valence-corrected chi connectivity index (χ4v) is 3.07. The second kappa shape index (κ2) is 7.31. The molecule has 1 unspecified atom stereocenters. The Morgan fingerprint density at radius 3 is 2.88 bits per heavy atom. The molecule has 7 nitrogen and oxygen atoms in total. The van der Waals surface area contributed by atoms with Crippen molar-refractivity contribution in [1.82, 2.24) is 10.3 Å². The molecule has 0 spiro atoms. The minimum Gasteiger partial charge on any atom is -0.494 e. The van der Waals surface area contributed by atoms with Crippen LogP contribution in [-0.2, 0) is 4.79 Å². The van der Waals surface area contributed by atoms with E-state index in [1.807, 2.05) is 31.2 Å². The third-order valence-electron chi connectivity index (χ3n) is 3.57. The summed E-state index contributed by atoms with van der Waals surface area (Å²) in [4.78, 5) is 29.8. The second-order valence-corrected chi connectivity index (χ2v) is 6.16. The number of nitrogens with zero attached hydrogens (tertiary/aromatic N) is 2. The Morgan fingerprint density at radius 1 is 1.42 bits per heavy atom. The van der Waals surface area contributed by atoms with Crippen LogP contribution < -0.4 is 20.3 Å². The van der Waals surface area contributed by atoms with Crippen LogP contribution in [0.3, 0.4) is 0 Å². The number of thiazole rings is 1. The molecule has 0 saturated carbocycles. The number of amides is 3. The maximum absolute atomic E-state index is 12.2. The van der Waals surface area contributed by atoms with Crippen LogP contribution in [0.2, 0.25) is 0 Å². The van der Waals surface area contributed by atoms with Crippen molar-refractivity contribution in [1.29, 1.82) is 0 Å². The topological polar surface area (TPSA) is 83.6 Å². The smallest absolute Gasteiger partial charge is 0.321 e. The third kappa shape index (κ3) is 3.83. The second-order valence-electron chi connectivity index (χ2n) is 5.27. The van der Waals surface area contributed by atoms with Crippen LogP contribution >= 0.6 is 11.3 Å². The molecule has 8 heteroatoms. The van der Waals surface area contributed by atoms with Crippen LogP contribution in [0.25, 0.3) is 0 Å². The summed E-state index contributed by atoms with van der Waals surface area (Å²) in [6, 6.07) is 6.78. The number of carbonyl (C=O) groups is 2. The molecule has 0 radical (unpaired) electrons. The van der Waals surface area contributed by atoms with Crippen molar-refractivity contribution < 1.29 is 14.3 Å². The van der Waals surface area contributed by atoms with E-state index in [2.05, 4.69) is 15.6 Å². The number of ether oxygens (including phenoxy) is 1. The van der Waals surface area contributed by atoms with Crippen molar-refractivity contribution in [3.63, 3.8) is 0 Å². The van der Waals surface area contributed by atoms with Gasteiger partial charge in [-0.3, -0.25) is 10.1 Å². The fourth-order valence-electron chi connectivity index (χ4n) is 2.55. The van der Waals surface area contributed by atoms with Gasteiger partial charge in [0.15, 0.2) is 5.13 Å². The number of carbonyl (C=O) groups excluding carboxylic acids is 2. The highest BCUT2D eigenvalue weighted by atomic mass is 32.1. The van der Waals surface area contributed by atoms with Crippen LogP contribution in [0.15, 0.2) is 35.8 Å². The largest absolute Gasteiger partial charge is 0.494 e. The number of aromatic nitrogens is 1. The van der Waals surface area contributed by atoms with Crippen LogP contribution in [0.4, 0.5) is 15.6 Å². The Balaban J connectivity index is 1.57. The first-order valence-electron chi connectivity index (χ1n) is 7.66. The standard InChI is InChI=1S/C16H18N4O3S/c1-2-23-13-5-3-12(4-6-13)20-10-11(9-14(20)21)18-15(22)19-16-17-7-8-24-16/h3-8,11H,2,9-10H2,1H3,(H2,17,18,19,22). The van der Waals surface area contributed by atoms with Gasteiger partial charge >= 0.3 is 6.03 Å². The van der Waals surface area contributed by atoms with Gasteiger partial charge in [-0.25, -0.2) is 9.78 Å². The first-order chi connectivity index (χ1) is 11.7. The van der Waals surface area contributed by atoms with Gasteiger partial charge < -0.3 is 15.0 Å². The first-order valence-corrected chi connectivity index (χ1v) is 8.54. The maximum Gasteiger partial charge on any atom is 0.321 e. The summed E-state index contributed by atoms with van der Waals surface area (Å²) in [5.74, 6) is 0.754. The molecule has 0 bridgehead atoms. The van der Waals surface area contributed by atoms with Crippen LogP contribution in [0.5, 0.6) is 5.75 Å². The average Bonchev–Trinajstić information content (AvgIpc) is 3.18. The lowest BCUT2D eigenvalue weighted by molar-refractivity contribution is -0.117. The van der Waals surface area contributed by atoms with Gasteiger partial charge in [0.25, 0.3) is 0 Å². The van der Waals surface area contributed by atoms with Gasteiger partial charge in [0.2, 0.25) is 5.91 Å². The Hall–Kier alpha value is -2.61. The third-order valence-corrected chi connectivity index (χ3v) is 4.26. The summed E-state index contributed by atoms with van der Waals surface area (Å²) in [6.07, 6.45) is 1.89. The molecule has 3 amide bonds. The molecule has 24 heavy (non-hydrogen) atoms. The van der Waals surface area contributed by atoms with E-state index in [-0.39, 0.29) is 24.4 Å². The highest BCUT2D eigenvalue weighted by molar-refractivity contribution is 7.13. The number of urea groups is 1. The van der Waals surface area contributed by atoms with E-state index in [1.54, 1.807) is 16.5 Å². The van der Waals surface area contributed by atoms with Crippen molar-refractivity contribution in [3.8, 4) is 5.75 Å². The van der Waals surface area contributed by atoms with Crippen molar-refractivity contribution in [2.45, 2.75) is 19.4 Å². The van der Waals surface area contributed by atoms with E-state index in [9.17, 15) is 9.59 Å². The van der Waals surface area contributed by atoms with E-state index >= 15 is 0 Å². The van der Waals surface area contributed by atoms with E-state index in [1.165, 1.54) is 11.3 Å². The average molecular weight is 346 g/mol. The molecule has 2 N–H and O–H groups in total. The molecule has 3 rings (SSSR count). The molecule has 1 aromatic carbocycles. The van der Waals surface area contributed by atoms with Gasteiger partial charge in [0.1, 0.15) is 5.75 Å². The molecule has 1 fully saturated rings. The van der Waals surface area contributed by atoms with Gasteiger partial charge in [-0.2, -0.15) is 0 Å². The number of nitrogens with one attached hydrogen (secondary N) is 2. The quantitative estimate of drug-likeness (QED) is 0.871. The SMILES string of the molecule is CCOc1ccc(N2CC(NC(=O)Nc3nccs3)CC2=O)cc1. The van der Waals surface area contributed by atoms with Crippen LogP contribution in [0, 0.1) is 0 Å². The van der Waals surface area contributed by atoms with Gasteiger partial charge in [-0.15, -0.1) is 11.3 Å². The normalized spacial score (nSPS) is 17.0. The monoisotopic (exact) mass is 346 g/mol. The van der Waals surface area contributed by atoms with Crippen molar-refractivity contribution >= 4 is 34.1 Å². The Morgan fingerprint density at radius 2 is 2.21 bits per heavy atom. The van der Waals surface area contributed by atoms with Crippen molar-refractivity contribution in [2.75, 3.05) is 23.4 Å². The Labute approximate surface area is 143 Å². The summed E-state index contributed by atoms with van der Waals surface area (Å²) in [5, 5.41) is 7.77. The lowest BCUT2D eigenvalue weighted by Crippen LogP contribution is -2.39. The van der Waals surface area contributed by atoms with E-state index in [0.717, 1.165) is 11.4 Å². The van der Waals surface area contributed by atoms with Gasteiger partial charge in [-0.1, -0.05) is 0 Å². The summed E-state index contributed by atoms with van der Waals surface area (Å²) < 4.78 is 5.40. The molecule has 2 aromatic rings. The number of benzene rings is 1. The van der Waals surface area contributed by atoms with Crippen LogP contribution in [0.1, 0.15) is 13.3 Å². The summed E-state index contributed by atoms with van der Waals surface area (Å²) in [5.41, 5.74) is 0.799. The predicted octanol–water partition coefficient (Wildman–Crippen LogP) is 2.47. The zero-order valence-electron chi connectivity index (χ0n) is 13.2. The summed E-state index contributed by atoms with van der Waals surface area (Å²) in [6.45, 7) is 2.96. The highest BCUT2D eigenvalue weighted by Crippen LogP contribution is 2.24. The number of hydrogen-bond acceptors (Lipinski definition) is 5. The molecule has 2 heterocycles. The molecular weight excluding hydrogens is 328 g/mol. The van der Waals surface area contributed by atoms with Gasteiger partial charge in [0, 0.05) is 30.2 Å².